The third kappa shape index (κ3) is 4.20. The number of nitrogens with one attached hydrogen (secondary N) is 2. The number of carbonyl (C=O) groups is 3. The van der Waals surface area contributed by atoms with Crippen molar-refractivity contribution < 1.29 is 23.9 Å². The molecule has 0 spiro atoms. The second kappa shape index (κ2) is 6.74. The van der Waals surface area contributed by atoms with Gasteiger partial charge >= 0.3 is 5.97 Å². The Morgan fingerprint density at radius 1 is 1.38 bits per heavy atom. The van der Waals surface area contributed by atoms with E-state index in [-0.39, 0.29) is 31.1 Å². The van der Waals surface area contributed by atoms with Gasteiger partial charge in [0.2, 0.25) is 11.8 Å². The number of amides is 2. The minimum Gasteiger partial charge on any atom is -0.491 e. The number of anilines is 2. The number of carbonyl (C=O) groups excluding carboxylic acids is 3. The maximum Gasteiger partial charge on any atom is 0.306 e. The van der Waals surface area contributed by atoms with Crippen molar-refractivity contribution >= 4 is 29.2 Å². The fraction of sp³-hybridized carbons (Fsp3) is 0.357. The molecule has 0 fully saturated rings. The molecule has 21 heavy (non-hydrogen) atoms. The zero-order valence-corrected chi connectivity index (χ0v) is 11.6. The van der Waals surface area contributed by atoms with Crippen LogP contribution in [0.2, 0.25) is 0 Å². The monoisotopic (exact) mass is 292 g/mol. The Hall–Kier alpha value is -2.57. The molecule has 0 saturated carbocycles. The van der Waals surface area contributed by atoms with Gasteiger partial charge in [-0.1, -0.05) is 0 Å². The summed E-state index contributed by atoms with van der Waals surface area (Å²) in [5, 5.41) is 5.36. The van der Waals surface area contributed by atoms with E-state index in [0.29, 0.717) is 23.7 Å². The van der Waals surface area contributed by atoms with Crippen LogP contribution in [0.5, 0.6) is 5.75 Å². The minimum atomic E-state index is -0.437. The normalized spacial score (nSPS) is 13.3. The molecule has 0 unspecified atom stereocenters. The van der Waals surface area contributed by atoms with Crippen LogP contribution in [-0.4, -0.2) is 31.5 Å². The molecule has 7 heteroatoms. The molecule has 0 radical (unpaired) electrons. The fourth-order valence-electron chi connectivity index (χ4n) is 1.84. The molecule has 1 aromatic rings. The highest BCUT2D eigenvalue weighted by Gasteiger charge is 2.15. The summed E-state index contributed by atoms with van der Waals surface area (Å²) in [6.45, 7) is 0.323. The van der Waals surface area contributed by atoms with Crippen molar-refractivity contribution in [2.24, 2.45) is 0 Å². The SMILES string of the molecule is COC(=O)CCC(=O)Nc1ccc2c(c1)NC(=O)CCO2. The Morgan fingerprint density at radius 2 is 2.19 bits per heavy atom. The Labute approximate surface area is 121 Å². The summed E-state index contributed by atoms with van der Waals surface area (Å²) in [5.74, 6) is -0.315. The maximum atomic E-state index is 11.7. The number of hydrogen-bond acceptors (Lipinski definition) is 5. The molecule has 112 valence electrons. The Bertz CT molecular complexity index is 570. The molecule has 1 aliphatic heterocycles. The minimum absolute atomic E-state index is 0.0210. The molecule has 0 atom stereocenters. The van der Waals surface area contributed by atoms with Crippen LogP contribution in [0.3, 0.4) is 0 Å². The number of ether oxygens (including phenoxy) is 2. The first-order chi connectivity index (χ1) is 10.1. The van der Waals surface area contributed by atoms with Gasteiger partial charge in [-0.05, 0) is 18.2 Å². The van der Waals surface area contributed by atoms with Crippen molar-refractivity contribution in [2.45, 2.75) is 19.3 Å². The molecule has 0 aromatic heterocycles. The van der Waals surface area contributed by atoms with E-state index < -0.39 is 5.97 Å². The molecule has 1 heterocycles. The highest BCUT2D eigenvalue weighted by Crippen LogP contribution is 2.30. The predicted molar refractivity (Wildman–Crippen MR) is 75.1 cm³/mol. The zero-order chi connectivity index (χ0) is 15.2. The first-order valence-corrected chi connectivity index (χ1v) is 6.52. The van der Waals surface area contributed by atoms with Crippen LogP contribution in [0, 0.1) is 0 Å². The Kier molecular flexibility index (Phi) is 4.76. The predicted octanol–water partition coefficient (Wildman–Crippen LogP) is 1.30. The molecule has 2 N–H and O–H groups in total. The van der Waals surface area contributed by atoms with E-state index in [4.69, 9.17) is 4.74 Å². The van der Waals surface area contributed by atoms with Crippen molar-refractivity contribution in [1.29, 1.82) is 0 Å². The van der Waals surface area contributed by atoms with Crippen LogP contribution >= 0.6 is 0 Å². The summed E-state index contributed by atoms with van der Waals surface area (Å²) < 4.78 is 9.88. The second-order valence-electron chi connectivity index (χ2n) is 4.48. The molecule has 7 nitrogen and oxygen atoms in total. The molecule has 0 saturated heterocycles. The van der Waals surface area contributed by atoms with Gasteiger partial charge < -0.3 is 20.1 Å². The average molecular weight is 292 g/mol. The van der Waals surface area contributed by atoms with Gasteiger partial charge in [-0.3, -0.25) is 14.4 Å². The number of esters is 1. The number of rotatable bonds is 4. The van der Waals surface area contributed by atoms with E-state index in [1.807, 2.05) is 0 Å². The Morgan fingerprint density at radius 3 is 2.95 bits per heavy atom. The van der Waals surface area contributed by atoms with E-state index in [9.17, 15) is 14.4 Å². The third-order valence-electron chi connectivity index (χ3n) is 2.91. The van der Waals surface area contributed by atoms with E-state index in [0.717, 1.165) is 0 Å². The van der Waals surface area contributed by atoms with Crippen LogP contribution in [0.15, 0.2) is 18.2 Å². The van der Waals surface area contributed by atoms with Gasteiger partial charge in [0.05, 0.1) is 32.2 Å². The first-order valence-electron chi connectivity index (χ1n) is 6.52. The van der Waals surface area contributed by atoms with Crippen LogP contribution < -0.4 is 15.4 Å². The van der Waals surface area contributed by atoms with Crippen molar-refractivity contribution in [3.63, 3.8) is 0 Å². The number of methoxy groups -OCH3 is 1. The molecule has 2 rings (SSSR count). The molecular weight excluding hydrogens is 276 g/mol. The summed E-state index contributed by atoms with van der Waals surface area (Å²) in [4.78, 5) is 34.1. The smallest absolute Gasteiger partial charge is 0.306 e. The first kappa shape index (κ1) is 14.8. The summed E-state index contributed by atoms with van der Waals surface area (Å²) in [5.41, 5.74) is 1.04. The van der Waals surface area contributed by atoms with E-state index in [1.54, 1.807) is 18.2 Å². The lowest BCUT2D eigenvalue weighted by Crippen LogP contribution is -2.14. The van der Waals surface area contributed by atoms with E-state index in [2.05, 4.69) is 15.4 Å². The largest absolute Gasteiger partial charge is 0.491 e. The molecule has 0 aliphatic carbocycles. The van der Waals surface area contributed by atoms with Gasteiger partial charge in [0.15, 0.2) is 0 Å². The van der Waals surface area contributed by atoms with Crippen LogP contribution in [-0.2, 0) is 19.1 Å². The van der Waals surface area contributed by atoms with Crippen molar-refractivity contribution in [3.8, 4) is 5.75 Å². The molecular formula is C14H16N2O5. The molecule has 1 aromatic carbocycles. The number of benzene rings is 1. The highest BCUT2D eigenvalue weighted by molar-refractivity contribution is 5.96. The lowest BCUT2D eigenvalue weighted by molar-refractivity contribution is -0.141. The molecule has 1 aliphatic rings. The van der Waals surface area contributed by atoms with Crippen molar-refractivity contribution in [3.05, 3.63) is 18.2 Å². The van der Waals surface area contributed by atoms with E-state index in [1.165, 1.54) is 7.11 Å². The van der Waals surface area contributed by atoms with Crippen LogP contribution in [0.4, 0.5) is 11.4 Å². The van der Waals surface area contributed by atoms with Gasteiger partial charge in [0.25, 0.3) is 0 Å². The topological polar surface area (TPSA) is 93.7 Å². The van der Waals surface area contributed by atoms with Crippen molar-refractivity contribution in [2.75, 3.05) is 24.4 Å². The highest BCUT2D eigenvalue weighted by atomic mass is 16.5. The van der Waals surface area contributed by atoms with Gasteiger partial charge in [-0.2, -0.15) is 0 Å². The van der Waals surface area contributed by atoms with Gasteiger partial charge in [-0.15, -0.1) is 0 Å². The third-order valence-corrected chi connectivity index (χ3v) is 2.91. The molecule has 2 amide bonds. The average Bonchev–Trinajstić information content (AvgIpc) is 2.64. The summed E-state index contributed by atoms with van der Waals surface area (Å²) in [7, 11) is 1.27. The van der Waals surface area contributed by atoms with Gasteiger partial charge in [0.1, 0.15) is 5.75 Å². The second-order valence-corrected chi connectivity index (χ2v) is 4.48. The fourth-order valence-corrected chi connectivity index (χ4v) is 1.84. The Balaban J connectivity index is 1.99. The van der Waals surface area contributed by atoms with Gasteiger partial charge in [-0.25, -0.2) is 0 Å². The van der Waals surface area contributed by atoms with Crippen LogP contribution in [0.1, 0.15) is 19.3 Å². The van der Waals surface area contributed by atoms with Crippen LogP contribution in [0.25, 0.3) is 0 Å². The van der Waals surface area contributed by atoms with E-state index >= 15 is 0 Å². The van der Waals surface area contributed by atoms with Crippen molar-refractivity contribution in [1.82, 2.24) is 0 Å². The summed E-state index contributed by atoms with van der Waals surface area (Å²) in [6, 6.07) is 4.97. The summed E-state index contributed by atoms with van der Waals surface area (Å²) in [6.07, 6.45) is 0.343. The lowest BCUT2D eigenvalue weighted by atomic mass is 10.2. The van der Waals surface area contributed by atoms with Gasteiger partial charge in [0, 0.05) is 12.1 Å². The lowest BCUT2D eigenvalue weighted by Gasteiger charge is -2.10. The number of fused-ring (bicyclic) bond motifs is 1. The standard InChI is InChI=1S/C14H16N2O5/c1-20-14(19)5-4-12(17)15-9-2-3-11-10(8-9)16-13(18)6-7-21-11/h2-3,8H,4-7H2,1H3,(H,15,17)(H,16,18). The maximum absolute atomic E-state index is 11.7. The number of hydrogen-bond donors (Lipinski definition) is 2. The summed E-state index contributed by atoms with van der Waals surface area (Å²) >= 11 is 0. The zero-order valence-electron chi connectivity index (χ0n) is 11.6. The molecule has 0 bridgehead atoms. The quantitative estimate of drug-likeness (QED) is 0.816.